The lowest BCUT2D eigenvalue weighted by atomic mass is 9.93. The monoisotopic (exact) mass is 544 g/mol. The van der Waals surface area contributed by atoms with Crippen LogP contribution in [0.3, 0.4) is 0 Å². The normalized spacial score (nSPS) is 18.4. The van der Waals surface area contributed by atoms with E-state index in [2.05, 4.69) is 49.8 Å². The van der Waals surface area contributed by atoms with Crippen molar-refractivity contribution in [3.05, 3.63) is 70.9 Å². The maximum Gasteiger partial charge on any atom is 0.409 e. The zero-order chi connectivity index (χ0) is 28.6. The molecule has 8 nitrogen and oxygen atoms in total. The number of carbonyl (C=O) groups is 3. The fraction of sp³-hybridized carbons (Fsp3) is 0.469. The van der Waals surface area contributed by atoms with Crippen LogP contribution < -0.4 is 5.32 Å². The number of amides is 3. The third-order valence-electron chi connectivity index (χ3n) is 8.42. The van der Waals surface area contributed by atoms with Crippen LogP contribution in [0.25, 0.3) is 10.9 Å². The van der Waals surface area contributed by atoms with E-state index in [1.54, 1.807) is 11.8 Å². The summed E-state index contributed by atoms with van der Waals surface area (Å²) >= 11 is 0. The Kier molecular flexibility index (Phi) is 7.88. The van der Waals surface area contributed by atoms with Gasteiger partial charge in [-0.2, -0.15) is 0 Å². The molecule has 212 valence electrons. The van der Waals surface area contributed by atoms with Crippen LogP contribution in [0.2, 0.25) is 0 Å². The van der Waals surface area contributed by atoms with Crippen LogP contribution in [0.15, 0.2) is 48.5 Å². The van der Waals surface area contributed by atoms with E-state index in [0.717, 1.165) is 27.7 Å². The van der Waals surface area contributed by atoms with Gasteiger partial charge in [0.15, 0.2) is 0 Å². The molecule has 0 spiro atoms. The minimum atomic E-state index is -0.633. The van der Waals surface area contributed by atoms with Crippen molar-refractivity contribution < 1.29 is 19.1 Å². The number of benzene rings is 2. The molecule has 1 saturated heterocycles. The first-order valence-electron chi connectivity index (χ1n) is 14.4. The highest BCUT2D eigenvalue weighted by molar-refractivity contribution is 6.03. The molecule has 0 saturated carbocycles. The minimum Gasteiger partial charge on any atom is -0.450 e. The summed E-state index contributed by atoms with van der Waals surface area (Å²) in [4.78, 5) is 43.8. The molecule has 5 rings (SSSR count). The van der Waals surface area contributed by atoms with Crippen molar-refractivity contribution in [3.63, 3.8) is 0 Å². The molecule has 0 aliphatic carbocycles. The first-order chi connectivity index (χ1) is 19.2. The minimum absolute atomic E-state index is 0.0642. The molecule has 3 aromatic rings. The van der Waals surface area contributed by atoms with Crippen LogP contribution in [0.1, 0.15) is 73.3 Å². The van der Waals surface area contributed by atoms with Crippen LogP contribution in [-0.4, -0.2) is 64.1 Å². The van der Waals surface area contributed by atoms with Gasteiger partial charge in [0.05, 0.1) is 12.6 Å². The fourth-order valence-corrected chi connectivity index (χ4v) is 6.36. The maximum atomic E-state index is 14.1. The van der Waals surface area contributed by atoms with Gasteiger partial charge in [0, 0.05) is 53.9 Å². The molecule has 3 heterocycles. The summed E-state index contributed by atoms with van der Waals surface area (Å²) in [6, 6.07) is 15.0. The predicted molar refractivity (Wildman–Crippen MR) is 155 cm³/mol. The van der Waals surface area contributed by atoms with Crippen molar-refractivity contribution in [3.8, 4) is 0 Å². The number of nitrogens with zero attached hydrogens (tertiary/aromatic N) is 3. The SMILES string of the molecule is CCOC(=O)N1CCC(NC(=O)C(CC(C)C)N2C(=O)c3ccccc3C2c2c(C)n(C)c3ccccc23)CC1. The number of carbonyl (C=O) groups excluding carboxylic acids is 3. The summed E-state index contributed by atoms with van der Waals surface area (Å²) in [6.07, 6.45) is 1.55. The lowest BCUT2D eigenvalue weighted by Crippen LogP contribution is -2.54. The number of ether oxygens (including phenoxy) is 1. The van der Waals surface area contributed by atoms with Gasteiger partial charge in [-0.25, -0.2) is 4.79 Å². The molecular formula is C32H40N4O4. The smallest absolute Gasteiger partial charge is 0.409 e. The van der Waals surface area contributed by atoms with Gasteiger partial charge in [-0.3, -0.25) is 9.59 Å². The van der Waals surface area contributed by atoms with E-state index in [-0.39, 0.29) is 35.9 Å². The van der Waals surface area contributed by atoms with Crippen molar-refractivity contribution >= 4 is 28.8 Å². The summed E-state index contributed by atoms with van der Waals surface area (Å²) in [5.41, 5.74) is 4.85. The highest BCUT2D eigenvalue weighted by Gasteiger charge is 2.46. The standard InChI is InChI=1S/C32H40N4O4/c1-6-40-32(39)35-17-15-22(16-18-35)33-30(37)27(19-20(2)3)36-29(23-11-7-8-12-24(23)31(36)38)28-21(4)34(5)26-14-10-9-13-25(26)28/h7-14,20,22,27,29H,6,15-19H2,1-5H3,(H,33,37). The van der Waals surface area contributed by atoms with Crippen LogP contribution in [-0.2, 0) is 16.6 Å². The Balaban J connectivity index is 1.49. The average Bonchev–Trinajstić information content (AvgIpc) is 3.37. The van der Waals surface area contributed by atoms with Gasteiger partial charge in [0.2, 0.25) is 5.91 Å². The molecule has 0 radical (unpaired) electrons. The maximum absolute atomic E-state index is 14.1. The summed E-state index contributed by atoms with van der Waals surface area (Å²) in [6.45, 7) is 9.47. The molecule has 2 atom stereocenters. The second-order valence-electron chi connectivity index (χ2n) is 11.4. The van der Waals surface area contributed by atoms with E-state index < -0.39 is 6.04 Å². The van der Waals surface area contributed by atoms with Crippen LogP contribution in [0.4, 0.5) is 4.79 Å². The predicted octanol–water partition coefficient (Wildman–Crippen LogP) is 5.18. The van der Waals surface area contributed by atoms with Crippen molar-refractivity contribution in [1.82, 2.24) is 19.7 Å². The number of fused-ring (bicyclic) bond motifs is 2. The number of rotatable bonds is 7. The Labute approximate surface area is 236 Å². The molecule has 0 bridgehead atoms. The number of hydrogen-bond acceptors (Lipinski definition) is 4. The molecule has 3 amide bonds. The highest BCUT2D eigenvalue weighted by atomic mass is 16.6. The van der Waals surface area contributed by atoms with E-state index in [1.807, 2.05) is 41.3 Å². The molecule has 2 aromatic carbocycles. The number of para-hydroxylation sites is 1. The molecule has 2 aliphatic heterocycles. The van der Waals surface area contributed by atoms with Gasteiger partial charge >= 0.3 is 6.09 Å². The lowest BCUT2D eigenvalue weighted by molar-refractivity contribution is -0.127. The fourth-order valence-electron chi connectivity index (χ4n) is 6.36. The first kappa shape index (κ1) is 27.7. The zero-order valence-corrected chi connectivity index (χ0v) is 24.1. The number of aryl methyl sites for hydroxylation is 1. The zero-order valence-electron chi connectivity index (χ0n) is 24.1. The number of hydrogen-bond donors (Lipinski definition) is 1. The molecule has 1 aromatic heterocycles. The Morgan fingerprint density at radius 3 is 2.42 bits per heavy atom. The lowest BCUT2D eigenvalue weighted by Gasteiger charge is -2.37. The van der Waals surface area contributed by atoms with Crippen molar-refractivity contribution in [2.45, 2.75) is 65.1 Å². The third kappa shape index (κ3) is 4.95. The second-order valence-corrected chi connectivity index (χ2v) is 11.4. The number of likely N-dealkylation sites (tertiary alicyclic amines) is 1. The summed E-state index contributed by atoms with van der Waals surface area (Å²) < 4.78 is 7.31. The number of piperidine rings is 1. The molecule has 2 aliphatic rings. The van der Waals surface area contributed by atoms with E-state index in [9.17, 15) is 14.4 Å². The Bertz CT molecular complexity index is 1420. The van der Waals surface area contributed by atoms with Crippen molar-refractivity contribution in [2.75, 3.05) is 19.7 Å². The summed E-state index contributed by atoms with van der Waals surface area (Å²) in [7, 11) is 2.05. The van der Waals surface area contributed by atoms with Gasteiger partial charge in [0.1, 0.15) is 6.04 Å². The molecule has 2 unspecified atom stereocenters. The van der Waals surface area contributed by atoms with Gasteiger partial charge in [-0.1, -0.05) is 50.2 Å². The molecule has 1 fully saturated rings. The van der Waals surface area contributed by atoms with Crippen molar-refractivity contribution in [1.29, 1.82) is 0 Å². The number of aromatic nitrogens is 1. The number of nitrogens with one attached hydrogen (secondary N) is 1. The van der Waals surface area contributed by atoms with Crippen LogP contribution >= 0.6 is 0 Å². The van der Waals surface area contributed by atoms with Crippen LogP contribution in [0, 0.1) is 12.8 Å². The average molecular weight is 545 g/mol. The quantitative estimate of drug-likeness (QED) is 0.444. The van der Waals surface area contributed by atoms with E-state index in [1.165, 1.54) is 0 Å². The molecule has 40 heavy (non-hydrogen) atoms. The van der Waals surface area contributed by atoms with E-state index in [4.69, 9.17) is 4.74 Å². The first-order valence-corrected chi connectivity index (χ1v) is 14.4. The Morgan fingerprint density at radius 1 is 1.05 bits per heavy atom. The topological polar surface area (TPSA) is 83.9 Å². The summed E-state index contributed by atoms with van der Waals surface area (Å²) in [5, 5.41) is 4.35. The third-order valence-corrected chi connectivity index (χ3v) is 8.42. The van der Waals surface area contributed by atoms with E-state index in [0.29, 0.717) is 44.5 Å². The van der Waals surface area contributed by atoms with Gasteiger partial charge in [-0.05, 0) is 56.7 Å². The van der Waals surface area contributed by atoms with Gasteiger partial charge in [-0.15, -0.1) is 0 Å². The van der Waals surface area contributed by atoms with Crippen LogP contribution in [0.5, 0.6) is 0 Å². The van der Waals surface area contributed by atoms with Crippen molar-refractivity contribution in [2.24, 2.45) is 13.0 Å². The van der Waals surface area contributed by atoms with Gasteiger partial charge in [0.25, 0.3) is 5.91 Å². The summed E-state index contributed by atoms with van der Waals surface area (Å²) in [5.74, 6) is -0.0367. The Hall–Kier alpha value is -3.81. The molecule has 1 N–H and O–H groups in total. The highest BCUT2D eigenvalue weighted by Crippen LogP contribution is 2.45. The largest absolute Gasteiger partial charge is 0.450 e. The van der Waals surface area contributed by atoms with E-state index >= 15 is 0 Å². The molecular weight excluding hydrogens is 504 g/mol. The molecule has 8 heteroatoms. The van der Waals surface area contributed by atoms with Gasteiger partial charge < -0.3 is 24.4 Å². The second kappa shape index (κ2) is 11.4. The Morgan fingerprint density at radius 2 is 1.73 bits per heavy atom.